The number of carbonyl (C=O) groups is 1. The van der Waals surface area contributed by atoms with E-state index in [4.69, 9.17) is 0 Å². The molecule has 35 heavy (non-hydrogen) atoms. The molecule has 2 fully saturated rings. The van der Waals surface area contributed by atoms with Crippen LogP contribution in [0, 0.1) is 5.82 Å². The fourth-order valence-electron chi connectivity index (χ4n) is 6.79. The molecular weight excluding hydrogens is 439 g/mol. The number of nitrogens with zero attached hydrogens (tertiary/aromatic N) is 4. The van der Waals surface area contributed by atoms with Crippen LogP contribution < -0.4 is 4.90 Å². The second kappa shape index (κ2) is 8.44. The number of halogens is 1. The van der Waals surface area contributed by atoms with Crippen molar-refractivity contribution in [2.24, 2.45) is 5.10 Å². The number of hydrogen-bond acceptors (Lipinski definition) is 4. The molecule has 3 aliphatic heterocycles. The van der Waals surface area contributed by atoms with E-state index < -0.39 is 5.54 Å². The van der Waals surface area contributed by atoms with Gasteiger partial charge in [0.05, 0.1) is 13.1 Å². The third kappa shape index (κ3) is 3.44. The van der Waals surface area contributed by atoms with Gasteiger partial charge in [-0.25, -0.2) is 4.39 Å². The van der Waals surface area contributed by atoms with Crippen molar-refractivity contribution in [3.05, 3.63) is 65.0 Å². The molecule has 1 aliphatic carbocycles. The van der Waals surface area contributed by atoms with Crippen molar-refractivity contribution in [3.63, 3.8) is 0 Å². The van der Waals surface area contributed by atoms with Crippen LogP contribution in [0.4, 0.5) is 10.1 Å². The lowest BCUT2D eigenvalue weighted by atomic mass is 9.77. The van der Waals surface area contributed by atoms with E-state index >= 15 is 4.39 Å². The third-order valence-corrected chi connectivity index (χ3v) is 8.75. The van der Waals surface area contributed by atoms with E-state index in [0.717, 1.165) is 49.3 Å². The van der Waals surface area contributed by atoms with Crippen molar-refractivity contribution in [1.29, 1.82) is 0 Å². The van der Waals surface area contributed by atoms with Crippen molar-refractivity contribution < 1.29 is 9.18 Å². The van der Waals surface area contributed by atoms with Gasteiger partial charge in [0, 0.05) is 47.6 Å². The minimum Gasteiger partial charge on any atom is -0.306 e. The molecule has 1 saturated carbocycles. The van der Waals surface area contributed by atoms with Crippen molar-refractivity contribution in [2.45, 2.75) is 75.9 Å². The van der Waals surface area contributed by atoms with Crippen LogP contribution in [0.1, 0.15) is 69.1 Å². The number of hydrazone groups is 1. The van der Waals surface area contributed by atoms with E-state index in [1.807, 2.05) is 41.4 Å². The smallest absolute Gasteiger partial charge is 0.252 e. The van der Waals surface area contributed by atoms with Gasteiger partial charge in [0.2, 0.25) is 0 Å². The highest BCUT2D eigenvalue weighted by atomic mass is 19.1. The number of fused-ring (bicyclic) bond motifs is 2. The summed E-state index contributed by atoms with van der Waals surface area (Å²) < 4.78 is 15.5. The van der Waals surface area contributed by atoms with E-state index in [0.29, 0.717) is 11.6 Å². The fraction of sp³-hybridized carbons (Fsp3) is 0.517. The first kappa shape index (κ1) is 22.7. The molecule has 4 aliphatic rings. The lowest BCUT2D eigenvalue weighted by molar-refractivity contribution is -0.143. The standard InChI is InChI=1S/C29H35FN4O/c1-3-15-32-20-28(2,19-31-32)22-13-12-21(25(30)17-22)18-33-26-11-7-6-10-24(26)29(27(33)35)14-16-34(29)23-8-4-5-9-23/h6-7,10-13,17,19,23H,3-5,8-9,14-16,18,20H2,1-2H3. The Hall–Kier alpha value is -2.73. The van der Waals surface area contributed by atoms with Crippen LogP contribution in [0.2, 0.25) is 0 Å². The highest BCUT2D eigenvalue weighted by Gasteiger charge is 2.61. The maximum absolute atomic E-state index is 15.5. The van der Waals surface area contributed by atoms with Crippen LogP contribution in [0.3, 0.4) is 0 Å². The van der Waals surface area contributed by atoms with Gasteiger partial charge in [0.1, 0.15) is 11.4 Å². The Morgan fingerprint density at radius 1 is 1.14 bits per heavy atom. The van der Waals surface area contributed by atoms with Gasteiger partial charge in [-0.2, -0.15) is 5.10 Å². The van der Waals surface area contributed by atoms with Crippen LogP contribution in [0.5, 0.6) is 0 Å². The summed E-state index contributed by atoms with van der Waals surface area (Å²) in [7, 11) is 0. The van der Waals surface area contributed by atoms with Crippen LogP contribution in [0.15, 0.2) is 47.6 Å². The molecule has 2 aromatic rings. The minimum atomic E-state index is -0.557. The Bertz CT molecular complexity index is 1180. The molecule has 1 spiro atoms. The Morgan fingerprint density at radius 3 is 2.66 bits per heavy atom. The Morgan fingerprint density at radius 2 is 1.94 bits per heavy atom. The van der Waals surface area contributed by atoms with E-state index in [2.05, 4.69) is 34.9 Å². The molecule has 2 atom stereocenters. The fourth-order valence-corrected chi connectivity index (χ4v) is 6.79. The molecule has 0 radical (unpaired) electrons. The number of benzene rings is 2. The average Bonchev–Trinajstić information content (AvgIpc) is 3.54. The molecule has 0 aromatic heterocycles. The Kier molecular flexibility index (Phi) is 5.48. The first-order valence-electron chi connectivity index (χ1n) is 13.2. The van der Waals surface area contributed by atoms with E-state index in [1.54, 1.807) is 6.07 Å². The highest BCUT2D eigenvalue weighted by molar-refractivity contribution is 6.08. The van der Waals surface area contributed by atoms with E-state index in [9.17, 15) is 4.79 Å². The largest absolute Gasteiger partial charge is 0.306 e. The zero-order valence-electron chi connectivity index (χ0n) is 20.8. The molecule has 5 nitrogen and oxygen atoms in total. The summed E-state index contributed by atoms with van der Waals surface area (Å²) in [5.41, 5.74) is 2.67. The maximum atomic E-state index is 15.5. The first-order chi connectivity index (χ1) is 17.0. The van der Waals surface area contributed by atoms with Crippen LogP contribution in [-0.2, 0) is 22.3 Å². The number of rotatable bonds is 6. The number of para-hydroxylation sites is 1. The molecule has 3 heterocycles. The van der Waals surface area contributed by atoms with Crippen LogP contribution in [-0.4, -0.2) is 47.7 Å². The van der Waals surface area contributed by atoms with Gasteiger partial charge in [0.25, 0.3) is 5.91 Å². The molecule has 6 heteroatoms. The molecule has 2 aromatic carbocycles. The summed E-state index contributed by atoms with van der Waals surface area (Å²) in [6, 6.07) is 14.2. The molecule has 184 valence electrons. The van der Waals surface area contributed by atoms with E-state index in [1.165, 1.54) is 25.7 Å². The SMILES string of the molecule is CCCN1CC(C)(c2ccc(CN3C(=O)C4(CCN4C4CCCC4)c4ccccc43)c(F)c2)C=N1. The number of anilines is 1. The highest BCUT2D eigenvalue weighted by Crippen LogP contribution is 2.54. The average molecular weight is 475 g/mol. The second-order valence-electron chi connectivity index (χ2n) is 11.0. The summed E-state index contributed by atoms with van der Waals surface area (Å²) >= 11 is 0. The maximum Gasteiger partial charge on any atom is 0.252 e. The van der Waals surface area contributed by atoms with Crippen molar-refractivity contribution in [3.8, 4) is 0 Å². The van der Waals surface area contributed by atoms with Gasteiger partial charge < -0.3 is 4.90 Å². The molecule has 2 unspecified atom stereocenters. The van der Waals surface area contributed by atoms with Gasteiger partial charge in [-0.15, -0.1) is 0 Å². The summed E-state index contributed by atoms with van der Waals surface area (Å²) in [6.07, 6.45) is 8.66. The van der Waals surface area contributed by atoms with Crippen LogP contribution in [0.25, 0.3) is 0 Å². The Labute approximate surface area is 207 Å². The normalized spacial score (nSPS) is 28.4. The molecular formula is C29H35FN4O. The third-order valence-electron chi connectivity index (χ3n) is 8.75. The lowest BCUT2D eigenvalue weighted by Crippen LogP contribution is -2.65. The van der Waals surface area contributed by atoms with Crippen molar-refractivity contribution >= 4 is 17.8 Å². The van der Waals surface area contributed by atoms with Crippen molar-refractivity contribution in [1.82, 2.24) is 9.91 Å². The Balaban J connectivity index is 1.27. The van der Waals surface area contributed by atoms with Gasteiger partial charge in [-0.3, -0.25) is 14.7 Å². The monoisotopic (exact) mass is 474 g/mol. The van der Waals surface area contributed by atoms with E-state index in [-0.39, 0.29) is 23.7 Å². The molecule has 1 amide bonds. The topological polar surface area (TPSA) is 39.1 Å². The van der Waals surface area contributed by atoms with Gasteiger partial charge in [-0.1, -0.05) is 50.1 Å². The molecule has 0 bridgehead atoms. The number of hydrogen-bond donors (Lipinski definition) is 0. The molecule has 1 saturated heterocycles. The molecule has 6 rings (SSSR count). The predicted octanol–water partition coefficient (Wildman–Crippen LogP) is 5.19. The lowest BCUT2D eigenvalue weighted by Gasteiger charge is -2.52. The number of carbonyl (C=O) groups excluding carboxylic acids is 1. The first-order valence-corrected chi connectivity index (χ1v) is 13.2. The zero-order valence-corrected chi connectivity index (χ0v) is 20.8. The van der Waals surface area contributed by atoms with Gasteiger partial charge >= 0.3 is 0 Å². The van der Waals surface area contributed by atoms with Gasteiger partial charge in [0.15, 0.2) is 0 Å². The van der Waals surface area contributed by atoms with Gasteiger partial charge in [-0.05, 0) is 50.3 Å². The predicted molar refractivity (Wildman–Crippen MR) is 137 cm³/mol. The van der Waals surface area contributed by atoms with Crippen LogP contribution >= 0.6 is 0 Å². The summed E-state index contributed by atoms with van der Waals surface area (Å²) in [5, 5.41) is 6.58. The number of amides is 1. The zero-order chi connectivity index (χ0) is 24.2. The summed E-state index contributed by atoms with van der Waals surface area (Å²) in [6.45, 7) is 7.14. The quantitative estimate of drug-likeness (QED) is 0.579. The summed E-state index contributed by atoms with van der Waals surface area (Å²) in [4.78, 5) is 18.3. The number of likely N-dealkylation sites (tertiary alicyclic amines) is 1. The summed E-state index contributed by atoms with van der Waals surface area (Å²) in [5.74, 6) is -0.135. The molecule has 0 N–H and O–H groups in total. The minimum absolute atomic E-state index is 0.116. The van der Waals surface area contributed by atoms with Crippen molar-refractivity contribution in [2.75, 3.05) is 24.5 Å². The second-order valence-corrected chi connectivity index (χ2v) is 11.0.